The van der Waals surface area contributed by atoms with Crippen LogP contribution in [-0.4, -0.2) is 69.5 Å². The number of carbonyl (C=O) groups is 1. The van der Waals surface area contributed by atoms with E-state index >= 15 is 0 Å². The molecule has 11 heteroatoms. The first-order valence-electron chi connectivity index (χ1n) is 8.19. The SMILES string of the molecule is COC(CN)CC(=O)N1CCN(S(=O)(=O)c2cccc3c2N=S=N3)CC1. The predicted octanol–water partition coefficient (Wildman–Crippen LogP) is 0.610. The third-order valence-electron chi connectivity index (χ3n) is 4.46. The molecule has 1 unspecified atom stereocenters. The lowest BCUT2D eigenvalue weighted by Gasteiger charge is -2.34. The lowest BCUT2D eigenvalue weighted by Crippen LogP contribution is -2.51. The molecule has 0 aromatic heterocycles. The van der Waals surface area contributed by atoms with Crippen molar-refractivity contribution in [3.05, 3.63) is 18.2 Å². The number of hydrogen-bond donors (Lipinski definition) is 1. The van der Waals surface area contributed by atoms with Gasteiger partial charge in [0, 0.05) is 39.8 Å². The highest BCUT2D eigenvalue weighted by Gasteiger charge is 2.33. The molecular formula is C15H21N5O4S2. The van der Waals surface area contributed by atoms with Crippen molar-refractivity contribution in [2.45, 2.75) is 17.4 Å². The van der Waals surface area contributed by atoms with Gasteiger partial charge in [-0.2, -0.15) is 13.0 Å². The van der Waals surface area contributed by atoms with Crippen LogP contribution in [0.5, 0.6) is 0 Å². The highest BCUT2D eigenvalue weighted by molar-refractivity contribution is 7.89. The first-order chi connectivity index (χ1) is 12.5. The summed E-state index contributed by atoms with van der Waals surface area (Å²) in [6.45, 7) is 1.42. The maximum atomic E-state index is 13.0. The topological polar surface area (TPSA) is 118 Å². The average Bonchev–Trinajstić information content (AvgIpc) is 3.14. The second-order valence-electron chi connectivity index (χ2n) is 5.97. The van der Waals surface area contributed by atoms with Crippen molar-refractivity contribution in [1.29, 1.82) is 0 Å². The van der Waals surface area contributed by atoms with E-state index in [-0.39, 0.29) is 43.0 Å². The number of carbonyl (C=O) groups excluding carboxylic acids is 1. The molecule has 1 amide bonds. The van der Waals surface area contributed by atoms with Crippen LogP contribution in [0.4, 0.5) is 11.4 Å². The molecule has 0 bridgehead atoms. The quantitative estimate of drug-likeness (QED) is 0.764. The molecule has 1 aromatic carbocycles. The van der Waals surface area contributed by atoms with Gasteiger partial charge in [0.2, 0.25) is 15.9 Å². The molecule has 0 spiro atoms. The Morgan fingerprint density at radius 2 is 2.04 bits per heavy atom. The fourth-order valence-corrected chi connectivity index (χ4v) is 5.07. The van der Waals surface area contributed by atoms with Gasteiger partial charge in [-0.3, -0.25) is 4.79 Å². The number of piperazine rings is 1. The second-order valence-corrected chi connectivity index (χ2v) is 8.41. The minimum atomic E-state index is -3.69. The molecule has 142 valence electrons. The Labute approximate surface area is 156 Å². The summed E-state index contributed by atoms with van der Waals surface area (Å²) in [6, 6.07) is 4.94. The minimum absolute atomic E-state index is 0.0786. The van der Waals surface area contributed by atoms with Gasteiger partial charge in [0.05, 0.1) is 23.9 Å². The lowest BCUT2D eigenvalue weighted by atomic mass is 10.2. The molecule has 2 heterocycles. The minimum Gasteiger partial charge on any atom is -0.380 e. The van der Waals surface area contributed by atoms with Crippen molar-refractivity contribution >= 4 is 38.7 Å². The molecule has 9 nitrogen and oxygen atoms in total. The Morgan fingerprint density at radius 1 is 1.31 bits per heavy atom. The fraction of sp³-hybridized carbons (Fsp3) is 0.533. The van der Waals surface area contributed by atoms with E-state index in [1.807, 2.05) is 0 Å². The van der Waals surface area contributed by atoms with Crippen LogP contribution in [0.3, 0.4) is 0 Å². The van der Waals surface area contributed by atoms with E-state index in [2.05, 4.69) is 8.73 Å². The molecule has 2 aliphatic heterocycles. The first kappa shape index (κ1) is 19.1. The summed E-state index contributed by atoms with van der Waals surface area (Å²) in [4.78, 5) is 14.1. The van der Waals surface area contributed by atoms with Gasteiger partial charge >= 0.3 is 0 Å². The third-order valence-corrected chi connectivity index (χ3v) is 6.93. The summed E-state index contributed by atoms with van der Waals surface area (Å²) < 4.78 is 40.7. The van der Waals surface area contributed by atoms with E-state index in [4.69, 9.17) is 10.5 Å². The Morgan fingerprint density at radius 3 is 2.69 bits per heavy atom. The Balaban J connectivity index is 1.67. The van der Waals surface area contributed by atoms with Crippen molar-refractivity contribution in [3.8, 4) is 0 Å². The van der Waals surface area contributed by atoms with Gasteiger partial charge in [0.25, 0.3) is 0 Å². The van der Waals surface area contributed by atoms with Crippen LogP contribution in [-0.2, 0) is 30.9 Å². The Hall–Kier alpha value is -1.66. The second kappa shape index (κ2) is 7.92. The van der Waals surface area contributed by atoms with Gasteiger partial charge in [-0.25, -0.2) is 8.42 Å². The molecule has 2 N–H and O–H groups in total. The summed E-state index contributed by atoms with van der Waals surface area (Å²) in [5.41, 5.74) is 6.51. The number of amides is 1. The highest BCUT2D eigenvalue weighted by atomic mass is 32.2. The van der Waals surface area contributed by atoms with E-state index in [1.165, 1.54) is 11.4 Å². The largest absolute Gasteiger partial charge is 0.380 e. The Bertz CT molecular complexity index is 855. The maximum Gasteiger partial charge on any atom is 0.245 e. The number of sulfonamides is 1. The summed E-state index contributed by atoms with van der Waals surface area (Å²) in [6.07, 6.45) is -0.122. The summed E-state index contributed by atoms with van der Waals surface area (Å²) in [5.74, 6) is -0.0786. The summed E-state index contributed by atoms with van der Waals surface area (Å²) >= 11 is 0.986. The molecule has 0 radical (unpaired) electrons. The van der Waals surface area contributed by atoms with Crippen LogP contribution in [0.25, 0.3) is 0 Å². The third kappa shape index (κ3) is 3.71. The maximum absolute atomic E-state index is 13.0. The zero-order chi connectivity index (χ0) is 18.7. The molecule has 1 saturated heterocycles. The number of rotatable bonds is 6. The number of nitrogens with zero attached hydrogens (tertiary/aromatic N) is 4. The van der Waals surface area contributed by atoms with Crippen LogP contribution in [0.1, 0.15) is 6.42 Å². The van der Waals surface area contributed by atoms with Crippen molar-refractivity contribution in [2.24, 2.45) is 14.5 Å². The number of hydrogen-bond acceptors (Lipinski definition) is 7. The first-order valence-corrected chi connectivity index (χ1v) is 10.4. The normalized spacial score (nSPS) is 18.5. The van der Waals surface area contributed by atoms with Crippen molar-refractivity contribution in [3.63, 3.8) is 0 Å². The van der Waals surface area contributed by atoms with E-state index < -0.39 is 10.0 Å². The van der Waals surface area contributed by atoms with Gasteiger partial charge in [-0.05, 0) is 12.1 Å². The van der Waals surface area contributed by atoms with Gasteiger partial charge in [-0.1, -0.05) is 6.07 Å². The summed E-state index contributed by atoms with van der Waals surface area (Å²) in [7, 11) is -2.17. The number of fused-ring (bicyclic) bond motifs is 1. The van der Waals surface area contributed by atoms with Crippen molar-refractivity contribution < 1.29 is 17.9 Å². The molecule has 3 rings (SSSR count). The molecule has 2 aliphatic rings. The van der Waals surface area contributed by atoms with E-state index in [9.17, 15) is 13.2 Å². The van der Waals surface area contributed by atoms with Crippen LogP contribution < -0.4 is 5.73 Å². The fourth-order valence-electron chi connectivity index (χ4n) is 2.89. The lowest BCUT2D eigenvalue weighted by molar-refractivity contribution is -0.134. The molecule has 1 aromatic rings. The van der Waals surface area contributed by atoms with Crippen LogP contribution in [0.15, 0.2) is 31.8 Å². The smallest absolute Gasteiger partial charge is 0.245 e. The molecule has 1 fully saturated rings. The number of ether oxygens (including phenoxy) is 1. The van der Waals surface area contributed by atoms with Crippen LogP contribution in [0.2, 0.25) is 0 Å². The van der Waals surface area contributed by atoms with E-state index in [0.717, 1.165) is 11.4 Å². The zero-order valence-electron chi connectivity index (χ0n) is 14.4. The van der Waals surface area contributed by atoms with Gasteiger partial charge in [0.1, 0.15) is 16.3 Å². The molecular weight excluding hydrogens is 378 g/mol. The van der Waals surface area contributed by atoms with Crippen molar-refractivity contribution in [1.82, 2.24) is 9.21 Å². The van der Waals surface area contributed by atoms with Crippen molar-refractivity contribution in [2.75, 3.05) is 39.8 Å². The summed E-state index contributed by atoms with van der Waals surface area (Å²) in [5, 5.41) is 0. The molecule has 0 aliphatic carbocycles. The number of methoxy groups -OCH3 is 1. The van der Waals surface area contributed by atoms with Gasteiger partial charge in [0.15, 0.2) is 0 Å². The van der Waals surface area contributed by atoms with Gasteiger partial charge < -0.3 is 15.4 Å². The van der Waals surface area contributed by atoms with Gasteiger partial charge in [-0.15, -0.1) is 0 Å². The average molecular weight is 399 g/mol. The van der Waals surface area contributed by atoms with Crippen LogP contribution >= 0.6 is 0 Å². The predicted molar refractivity (Wildman–Crippen MR) is 97.8 cm³/mol. The van der Waals surface area contributed by atoms with E-state index in [0.29, 0.717) is 24.5 Å². The molecule has 0 saturated carbocycles. The van der Waals surface area contributed by atoms with Crippen LogP contribution in [0, 0.1) is 0 Å². The number of benzene rings is 1. The van der Waals surface area contributed by atoms with E-state index in [1.54, 1.807) is 23.1 Å². The monoisotopic (exact) mass is 399 g/mol. The highest BCUT2D eigenvalue weighted by Crippen LogP contribution is 2.38. The zero-order valence-corrected chi connectivity index (χ0v) is 16.0. The standard InChI is InChI=1S/C15H21N5O4S2/c1-24-11(10-16)9-14(21)19-5-7-20(8-6-19)26(22,23)13-4-2-3-12-15(13)18-25-17-12/h2-4,11H,5-10,16H2,1H3. The Kier molecular flexibility index (Phi) is 5.82. The molecule has 1 atom stereocenters. The number of nitrogens with two attached hydrogens (primary N) is 1. The molecule has 26 heavy (non-hydrogen) atoms.